The Morgan fingerprint density at radius 3 is 2.50 bits per heavy atom. The van der Waals surface area contributed by atoms with Gasteiger partial charge in [-0.1, -0.05) is 13.0 Å². The summed E-state index contributed by atoms with van der Waals surface area (Å²) in [6.45, 7) is 10.8. The lowest BCUT2D eigenvalue weighted by atomic mass is 10.1. The lowest BCUT2D eigenvalue weighted by Gasteiger charge is -2.21. The van der Waals surface area contributed by atoms with Crippen molar-refractivity contribution < 1.29 is 5.11 Å². The monoisotopic (exact) mass is 292 g/mol. The van der Waals surface area contributed by atoms with Gasteiger partial charge in [-0.3, -0.25) is 0 Å². The van der Waals surface area contributed by atoms with Gasteiger partial charge in [0.15, 0.2) is 0 Å². The van der Waals surface area contributed by atoms with Crippen molar-refractivity contribution in [3.63, 3.8) is 0 Å². The molecular weight excluding hydrogens is 268 g/mol. The van der Waals surface area contributed by atoms with E-state index in [2.05, 4.69) is 32.2 Å². The zero-order valence-electron chi connectivity index (χ0n) is 12.9. The fourth-order valence-electron chi connectivity index (χ4n) is 1.54. The number of nitrogens with zero attached hydrogens (tertiary/aromatic N) is 1. The van der Waals surface area contributed by atoms with Gasteiger partial charge in [-0.15, -0.1) is 11.8 Å². The van der Waals surface area contributed by atoms with E-state index in [0.717, 1.165) is 17.0 Å². The molecule has 110 valence electrons. The van der Waals surface area contributed by atoms with E-state index in [0.29, 0.717) is 5.56 Å². The largest absolute Gasteiger partial charge is 0.392 e. The van der Waals surface area contributed by atoms with Crippen molar-refractivity contribution in [1.29, 1.82) is 5.26 Å². The van der Waals surface area contributed by atoms with Crippen molar-refractivity contribution >= 4 is 11.8 Å². The van der Waals surface area contributed by atoms with Gasteiger partial charge in [-0.2, -0.15) is 5.26 Å². The van der Waals surface area contributed by atoms with Crippen LogP contribution in [0.5, 0.6) is 0 Å². The number of aliphatic hydroxyl groups is 1. The average molecular weight is 292 g/mol. The average Bonchev–Trinajstić information content (AvgIpc) is 2.36. The predicted octanol–water partition coefficient (Wildman–Crippen LogP) is 3.31. The van der Waals surface area contributed by atoms with Gasteiger partial charge in [-0.25, -0.2) is 0 Å². The molecule has 1 rings (SSSR count). The Hall–Kier alpha value is -1.02. The standard InChI is InChI=1S/C16H24N2OS/c1-11(19)12(2)20-15-7-6-13(8-14(15)9-17)10-18-16(3,4)5/h6-8,11-12,18-19H,10H2,1-5H3. The van der Waals surface area contributed by atoms with Crippen LogP contribution in [0.2, 0.25) is 0 Å². The Labute approximate surface area is 126 Å². The third-order valence-corrected chi connectivity index (χ3v) is 4.36. The van der Waals surface area contributed by atoms with Crippen molar-refractivity contribution in [3.8, 4) is 6.07 Å². The molecule has 0 aromatic heterocycles. The normalized spacial score (nSPS) is 14.7. The fraction of sp³-hybridized carbons (Fsp3) is 0.562. The molecule has 0 amide bonds. The van der Waals surface area contributed by atoms with E-state index in [1.807, 2.05) is 25.1 Å². The molecule has 0 aliphatic heterocycles. The molecule has 0 saturated carbocycles. The van der Waals surface area contributed by atoms with Crippen LogP contribution in [0.1, 0.15) is 45.7 Å². The smallest absolute Gasteiger partial charge is 0.100 e. The van der Waals surface area contributed by atoms with E-state index in [4.69, 9.17) is 0 Å². The highest BCUT2D eigenvalue weighted by atomic mass is 32.2. The van der Waals surface area contributed by atoms with Crippen LogP contribution in [0.15, 0.2) is 23.1 Å². The first-order valence-electron chi connectivity index (χ1n) is 6.85. The molecule has 2 atom stereocenters. The zero-order chi connectivity index (χ0) is 15.3. The Balaban J connectivity index is 2.83. The van der Waals surface area contributed by atoms with E-state index >= 15 is 0 Å². The van der Waals surface area contributed by atoms with E-state index in [9.17, 15) is 10.4 Å². The Morgan fingerprint density at radius 2 is 2.00 bits per heavy atom. The maximum atomic E-state index is 9.56. The molecule has 1 aromatic rings. The first kappa shape index (κ1) is 17.0. The van der Waals surface area contributed by atoms with Crippen LogP contribution in [0.25, 0.3) is 0 Å². The summed E-state index contributed by atoms with van der Waals surface area (Å²) in [4.78, 5) is 0.931. The van der Waals surface area contributed by atoms with Crippen LogP contribution in [0.3, 0.4) is 0 Å². The van der Waals surface area contributed by atoms with Crippen LogP contribution in [0.4, 0.5) is 0 Å². The second-order valence-corrected chi connectivity index (χ2v) is 7.53. The molecule has 0 saturated heterocycles. The number of rotatable bonds is 5. The lowest BCUT2D eigenvalue weighted by molar-refractivity contribution is 0.196. The summed E-state index contributed by atoms with van der Waals surface area (Å²) in [5.41, 5.74) is 1.84. The molecule has 0 aliphatic carbocycles. The second-order valence-electron chi connectivity index (χ2n) is 6.11. The van der Waals surface area contributed by atoms with Crippen molar-refractivity contribution in [2.45, 2.75) is 63.0 Å². The van der Waals surface area contributed by atoms with Crippen LogP contribution in [-0.4, -0.2) is 22.0 Å². The molecule has 20 heavy (non-hydrogen) atoms. The molecule has 2 N–H and O–H groups in total. The van der Waals surface area contributed by atoms with Crippen molar-refractivity contribution in [2.24, 2.45) is 0 Å². The van der Waals surface area contributed by atoms with Crippen LogP contribution in [0, 0.1) is 11.3 Å². The molecule has 0 bridgehead atoms. The van der Waals surface area contributed by atoms with Crippen molar-refractivity contribution in [3.05, 3.63) is 29.3 Å². The molecule has 3 nitrogen and oxygen atoms in total. The topological polar surface area (TPSA) is 56.0 Å². The quantitative estimate of drug-likeness (QED) is 0.818. The van der Waals surface area contributed by atoms with Crippen LogP contribution in [-0.2, 0) is 6.54 Å². The minimum Gasteiger partial charge on any atom is -0.392 e. The third kappa shape index (κ3) is 5.54. The Kier molecular flexibility index (Phi) is 6.07. The summed E-state index contributed by atoms with van der Waals surface area (Å²) < 4.78 is 0. The van der Waals surface area contributed by atoms with Crippen LogP contribution >= 0.6 is 11.8 Å². The summed E-state index contributed by atoms with van der Waals surface area (Å²) in [7, 11) is 0. The van der Waals surface area contributed by atoms with Gasteiger partial charge in [0.1, 0.15) is 6.07 Å². The highest BCUT2D eigenvalue weighted by Gasteiger charge is 2.14. The molecule has 0 aliphatic rings. The SMILES string of the molecule is CC(O)C(C)Sc1ccc(CNC(C)(C)C)cc1C#N. The van der Waals surface area contributed by atoms with E-state index in [1.165, 1.54) is 0 Å². The lowest BCUT2D eigenvalue weighted by Crippen LogP contribution is -2.35. The highest BCUT2D eigenvalue weighted by molar-refractivity contribution is 8.00. The minimum atomic E-state index is -0.395. The zero-order valence-corrected chi connectivity index (χ0v) is 13.7. The summed E-state index contributed by atoms with van der Waals surface area (Å²) >= 11 is 1.54. The van der Waals surface area contributed by atoms with Gasteiger partial charge in [0, 0.05) is 22.2 Å². The molecule has 2 unspecified atom stereocenters. The Bertz CT molecular complexity index is 486. The fourth-order valence-corrected chi connectivity index (χ4v) is 2.52. The summed E-state index contributed by atoms with van der Waals surface area (Å²) in [6.07, 6.45) is -0.395. The molecular formula is C16H24N2OS. The van der Waals surface area contributed by atoms with E-state index < -0.39 is 6.10 Å². The number of nitriles is 1. The molecule has 0 fully saturated rings. The van der Waals surface area contributed by atoms with Gasteiger partial charge < -0.3 is 10.4 Å². The third-order valence-electron chi connectivity index (χ3n) is 2.98. The maximum Gasteiger partial charge on any atom is 0.100 e. The number of benzene rings is 1. The van der Waals surface area contributed by atoms with Crippen LogP contribution < -0.4 is 5.32 Å². The first-order valence-corrected chi connectivity index (χ1v) is 7.73. The molecule has 0 heterocycles. The number of nitrogens with one attached hydrogen (secondary N) is 1. The van der Waals surface area contributed by atoms with Gasteiger partial charge in [-0.05, 0) is 45.4 Å². The van der Waals surface area contributed by atoms with Gasteiger partial charge >= 0.3 is 0 Å². The summed E-state index contributed by atoms with van der Waals surface area (Å²) in [6, 6.07) is 8.19. The first-order chi connectivity index (χ1) is 9.23. The summed E-state index contributed by atoms with van der Waals surface area (Å²) in [5, 5.41) is 22.3. The Morgan fingerprint density at radius 1 is 1.35 bits per heavy atom. The van der Waals surface area contributed by atoms with E-state index in [1.54, 1.807) is 18.7 Å². The molecule has 1 aromatic carbocycles. The molecule has 4 heteroatoms. The second kappa shape index (κ2) is 7.12. The number of hydrogen-bond donors (Lipinski definition) is 2. The maximum absolute atomic E-state index is 9.56. The van der Waals surface area contributed by atoms with E-state index in [-0.39, 0.29) is 10.8 Å². The van der Waals surface area contributed by atoms with Gasteiger partial charge in [0.25, 0.3) is 0 Å². The van der Waals surface area contributed by atoms with Crippen molar-refractivity contribution in [2.75, 3.05) is 0 Å². The number of thioether (sulfide) groups is 1. The summed E-state index contributed by atoms with van der Waals surface area (Å²) in [5.74, 6) is 0. The molecule has 0 radical (unpaired) electrons. The minimum absolute atomic E-state index is 0.0566. The number of aliphatic hydroxyl groups excluding tert-OH is 1. The highest BCUT2D eigenvalue weighted by Crippen LogP contribution is 2.29. The van der Waals surface area contributed by atoms with Crippen molar-refractivity contribution in [1.82, 2.24) is 5.32 Å². The number of hydrogen-bond acceptors (Lipinski definition) is 4. The van der Waals surface area contributed by atoms with Gasteiger partial charge in [0.05, 0.1) is 11.7 Å². The molecule has 0 spiro atoms. The van der Waals surface area contributed by atoms with Gasteiger partial charge in [0.2, 0.25) is 0 Å². The predicted molar refractivity (Wildman–Crippen MR) is 84.7 cm³/mol.